The molecule has 3 nitrogen and oxygen atoms in total. The molecule has 0 N–H and O–H groups in total. The Morgan fingerprint density at radius 3 is 2.85 bits per heavy atom. The number of thiophene rings is 1. The summed E-state index contributed by atoms with van der Waals surface area (Å²) in [7, 11) is 0. The van der Waals surface area contributed by atoms with Gasteiger partial charge >= 0.3 is 0 Å². The molecule has 0 aromatic carbocycles. The third-order valence-electron chi connectivity index (χ3n) is 4.90. The van der Waals surface area contributed by atoms with Gasteiger partial charge in [-0.1, -0.05) is 11.6 Å². The molecule has 1 aliphatic heterocycles. The van der Waals surface area contributed by atoms with Crippen molar-refractivity contribution >= 4 is 33.2 Å². The molecule has 2 bridgehead atoms. The molecule has 2 aromatic heterocycles. The molecule has 2 unspecified atom stereocenters. The first-order chi connectivity index (χ1) is 9.61. The summed E-state index contributed by atoms with van der Waals surface area (Å²) in [5.41, 5.74) is 1.22. The van der Waals surface area contributed by atoms with Crippen molar-refractivity contribution in [2.45, 2.75) is 45.7 Å². The number of piperidine rings is 1. The third-order valence-corrected chi connectivity index (χ3v) is 6.27. The molecule has 20 heavy (non-hydrogen) atoms. The zero-order valence-electron chi connectivity index (χ0n) is 11.8. The number of hydrogen-bond acceptors (Lipinski definition) is 4. The fourth-order valence-corrected chi connectivity index (χ4v) is 5.15. The second-order valence-electron chi connectivity index (χ2n) is 6.16. The van der Waals surface area contributed by atoms with Crippen molar-refractivity contribution in [2.75, 3.05) is 6.54 Å². The van der Waals surface area contributed by atoms with Gasteiger partial charge in [-0.15, -0.1) is 11.3 Å². The largest absolute Gasteiger partial charge is 0.293 e. The van der Waals surface area contributed by atoms with Gasteiger partial charge in [0.15, 0.2) is 0 Å². The summed E-state index contributed by atoms with van der Waals surface area (Å²) in [5.74, 6) is 1.79. The van der Waals surface area contributed by atoms with Crippen molar-refractivity contribution in [1.82, 2.24) is 14.9 Å². The van der Waals surface area contributed by atoms with Crippen molar-refractivity contribution < 1.29 is 0 Å². The van der Waals surface area contributed by atoms with E-state index in [9.17, 15) is 0 Å². The highest BCUT2D eigenvalue weighted by Crippen LogP contribution is 2.38. The minimum absolute atomic E-state index is 0.621. The molecule has 1 aliphatic carbocycles. The molecule has 1 saturated carbocycles. The molecule has 0 radical (unpaired) electrons. The van der Waals surface area contributed by atoms with Crippen molar-refractivity contribution in [1.29, 1.82) is 0 Å². The van der Waals surface area contributed by atoms with E-state index < -0.39 is 0 Å². The van der Waals surface area contributed by atoms with Gasteiger partial charge < -0.3 is 0 Å². The third kappa shape index (κ3) is 1.97. The van der Waals surface area contributed by atoms with Crippen LogP contribution in [0.3, 0.4) is 0 Å². The second kappa shape index (κ2) is 4.65. The van der Waals surface area contributed by atoms with E-state index in [1.54, 1.807) is 11.3 Å². The van der Waals surface area contributed by atoms with Crippen LogP contribution in [0.15, 0.2) is 0 Å². The van der Waals surface area contributed by atoms with E-state index in [4.69, 9.17) is 16.6 Å². The van der Waals surface area contributed by atoms with Gasteiger partial charge in [0, 0.05) is 17.5 Å². The van der Waals surface area contributed by atoms with E-state index in [2.05, 4.69) is 23.7 Å². The predicted molar refractivity (Wildman–Crippen MR) is 83.4 cm³/mol. The van der Waals surface area contributed by atoms with Crippen LogP contribution < -0.4 is 0 Å². The zero-order chi connectivity index (χ0) is 13.9. The summed E-state index contributed by atoms with van der Waals surface area (Å²) in [5, 5.41) is 1.66. The van der Waals surface area contributed by atoms with Crippen molar-refractivity contribution in [3.05, 3.63) is 21.4 Å². The van der Waals surface area contributed by atoms with Gasteiger partial charge in [-0.05, 0) is 44.6 Å². The van der Waals surface area contributed by atoms with Crippen LogP contribution in [0.4, 0.5) is 0 Å². The van der Waals surface area contributed by atoms with Crippen LogP contribution in [0.5, 0.6) is 0 Å². The van der Waals surface area contributed by atoms with Gasteiger partial charge in [-0.3, -0.25) is 4.90 Å². The number of rotatable bonds is 2. The molecule has 0 amide bonds. The average Bonchev–Trinajstić information content (AvgIpc) is 3.06. The van der Waals surface area contributed by atoms with Crippen molar-refractivity contribution in [2.24, 2.45) is 5.92 Å². The highest BCUT2D eigenvalue weighted by molar-refractivity contribution is 7.18. The first-order valence-electron chi connectivity index (χ1n) is 7.28. The number of hydrogen-bond donors (Lipinski definition) is 0. The predicted octanol–water partition coefficient (Wildman–Crippen LogP) is 3.95. The Morgan fingerprint density at radius 1 is 1.30 bits per heavy atom. The number of likely N-dealkylation sites (tertiary alicyclic amines) is 1. The number of aryl methyl sites for hydroxylation is 2. The fourth-order valence-electron chi connectivity index (χ4n) is 3.71. The lowest BCUT2D eigenvalue weighted by atomic mass is 10.1. The quantitative estimate of drug-likeness (QED) is 0.787. The van der Waals surface area contributed by atoms with E-state index in [0.29, 0.717) is 5.15 Å². The Bertz CT molecular complexity index is 681. The highest BCUT2D eigenvalue weighted by Gasteiger charge is 2.37. The van der Waals surface area contributed by atoms with E-state index in [1.807, 2.05) is 0 Å². The van der Waals surface area contributed by atoms with Crippen LogP contribution in [-0.2, 0) is 6.54 Å². The Hall–Kier alpha value is -0.710. The van der Waals surface area contributed by atoms with Crippen LogP contribution >= 0.6 is 22.9 Å². The molecule has 5 heteroatoms. The standard InChI is InChI=1S/C15H18ClN3S/c1-8-9(2)20-15-13(8)14(16)17-12(18-15)7-19-6-10-3-4-11(19)5-10/h10-11H,3-7H2,1-2H3. The average molecular weight is 308 g/mol. The Morgan fingerprint density at radius 2 is 2.15 bits per heavy atom. The van der Waals surface area contributed by atoms with Gasteiger partial charge in [0.2, 0.25) is 0 Å². The van der Waals surface area contributed by atoms with Gasteiger partial charge in [0.25, 0.3) is 0 Å². The van der Waals surface area contributed by atoms with E-state index >= 15 is 0 Å². The Kier molecular flexibility index (Phi) is 3.02. The zero-order valence-corrected chi connectivity index (χ0v) is 13.4. The van der Waals surface area contributed by atoms with Gasteiger partial charge in [0.05, 0.1) is 11.9 Å². The first kappa shape index (κ1) is 13.0. The van der Waals surface area contributed by atoms with Crippen molar-refractivity contribution in [3.63, 3.8) is 0 Å². The molecular weight excluding hydrogens is 290 g/mol. The fraction of sp³-hybridized carbons (Fsp3) is 0.600. The van der Waals surface area contributed by atoms with Gasteiger partial charge in [0.1, 0.15) is 15.8 Å². The van der Waals surface area contributed by atoms with Crippen LogP contribution in [0.1, 0.15) is 35.5 Å². The van der Waals surface area contributed by atoms with E-state index in [-0.39, 0.29) is 0 Å². The number of halogens is 1. The lowest BCUT2D eigenvalue weighted by molar-refractivity contribution is 0.201. The molecule has 2 aromatic rings. The Labute approximate surface area is 128 Å². The van der Waals surface area contributed by atoms with Crippen LogP contribution in [0.25, 0.3) is 10.2 Å². The summed E-state index contributed by atoms with van der Waals surface area (Å²) in [4.78, 5) is 14.2. The molecule has 106 valence electrons. The summed E-state index contributed by atoms with van der Waals surface area (Å²) < 4.78 is 0. The summed E-state index contributed by atoms with van der Waals surface area (Å²) in [6.45, 7) is 6.29. The number of aromatic nitrogens is 2. The van der Waals surface area contributed by atoms with Gasteiger partial charge in [-0.25, -0.2) is 9.97 Å². The number of nitrogens with zero attached hydrogens (tertiary/aromatic N) is 3. The molecule has 4 rings (SSSR count). The monoisotopic (exact) mass is 307 g/mol. The second-order valence-corrected chi connectivity index (χ2v) is 7.72. The minimum Gasteiger partial charge on any atom is -0.293 e. The topological polar surface area (TPSA) is 29.0 Å². The van der Waals surface area contributed by atoms with Crippen LogP contribution in [0.2, 0.25) is 5.15 Å². The molecule has 3 heterocycles. The van der Waals surface area contributed by atoms with E-state index in [0.717, 1.165) is 34.5 Å². The van der Waals surface area contributed by atoms with Gasteiger partial charge in [-0.2, -0.15) is 0 Å². The maximum Gasteiger partial charge on any atom is 0.145 e. The summed E-state index contributed by atoms with van der Waals surface area (Å²) in [6.07, 6.45) is 4.12. The lowest BCUT2D eigenvalue weighted by Gasteiger charge is -2.25. The SMILES string of the molecule is Cc1sc2nc(CN3CC4CCC3C4)nc(Cl)c2c1C. The molecular formula is C15H18ClN3S. The van der Waals surface area contributed by atoms with E-state index in [1.165, 1.54) is 36.2 Å². The Balaban J connectivity index is 1.67. The molecule has 2 fully saturated rings. The molecule has 0 spiro atoms. The highest BCUT2D eigenvalue weighted by atomic mass is 35.5. The smallest absolute Gasteiger partial charge is 0.145 e. The maximum atomic E-state index is 6.38. The number of fused-ring (bicyclic) bond motifs is 3. The van der Waals surface area contributed by atoms with Crippen LogP contribution in [0, 0.1) is 19.8 Å². The molecule has 2 atom stereocenters. The lowest BCUT2D eigenvalue weighted by Crippen LogP contribution is -2.32. The maximum absolute atomic E-state index is 6.38. The summed E-state index contributed by atoms with van der Waals surface area (Å²) >= 11 is 8.11. The normalized spacial score (nSPS) is 25.9. The molecule has 1 saturated heterocycles. The van der Waals surface area contributed by atoms with Crippen molar-refractivity contribution in [3.8, 4) is 0 Å². The minimum atomic E-state index is 0.621. The molecule has 2 aliphatic rings. The van der Waals surface area contributed by atoms with Crippen LogP contribution in [-0.4, -0.2) is 27.5 Å². The first-order valence-corrected chi connectivity index (χ1v) is 8.47. The summed E-state index contributed by atoms with van der Waals surface area (Å²) in [6, 6.07) is 0.755.